The van der Waals surface area contributed by atoms with Crippen molar-refractivity contribution in [2.24, 2.45) is 0 Å². The van der Waals surface area contributed by atoms with E-state index in [2.05, 4.69) is 5.32 Å². The molecule has 33 heavy (non-hydrogen) atoms. The van der Waals surface area contributed by atoms with Gasteiger partial charge in [0.1, 0.15) is 18.1 Å². The Balaban J connectivity index is 1.54. The summed E-state index contributed by atoms with van der Waals surface area (Å²) in [7, 11) is 4.80. The van der Waals surface area contributed by atoms with Crippen LogP contribution >= 0.6 is 0 Å². The van der Waals surface area contributed by atoms with E-state index in [9.17, 15) is 4.79 Å². The molecule has 3 aromatic rings. The van der Waals surface area contributed by atoms with Crippen LogP contribution in [0.3, 0.4) is 0 Å². The van der Waals surface area contributed by atoms with Crippen molar-refractivity contribution in [3.05, 3.63) is 89.5 Å². The second-order valence-electron chi connectivity index (χ2n) is 7.24. The zero-order valence-corrected chi connectivity index (χ0v) is 19.2. The van der Waals surface area contributed by atoms with Crippen molar-refractivity contribution in [2.45, 2.75) is 13.0 Å². The molecule has 3 rings (SSSR count). The van der Waals surface area contributed by atoms with Crippen molar-refractivity contribution >= 4 is 12.0 Å². The number of carbonyl (C=O) groups is 1. The summed E-state index contributed by atoms with van der Waals surface area (Å²) in [6, 6.07) is 21.2. The van der Waals surface area contributed by atoms with Crippen LogP contribution in [-0.4, -0.2) is 33.8 Å². The molecule has 6 nitrogen and oxygen atoms in total. The Morgan fingerprint density at radius 1 is 0.818 bits per heavy atom. The summed E-state index contributed by atoms with van der Waals surface area (Å²) in [5, 5.41) is 2.90. The van der Waals surface area contributed by atoms with Crippen molar-refractivity contribution in [1.82, 2.24) is 5.32 Å². The molecule has 6 heteroatoms. The fourth-order valence-corrected chi connectivity index (χ4v) is 3.24. The van der Waals surface area contributed by atoms with Crippen LogP contribution in [0.25, 0.3) is 6.08 Å². The van der Waals surface area contributed by atoms with Crippen LogP contribution in [0.4, 0.5) is 0 Å². The van der Waals surface area contributed by atoms with Gasteiger partial charge in [-0.15, -0.1) is 0 Å². The van der Waals surface area contributed by atoms with Gasteiger partial charge in [0.15, 0.2) is 11.5 Å². The maximum Gasteiger partial charge on any atom is 0.244 e. The number of hydrogen-bond donors (Lipinski definition) is 1. The number of carbonyl (C=O) groups excluding carboxylic acids is 1. The first-order valence-corrected chi connectivity index (χ1v) is 10.6. The molecule has 172 valence electrons. The average molecular weight is 448 g/mol. The third-order valence-corrected chi connectivity index (χ3v) is 5.03. The molecule has 1 N–H and O–H groups in total. The van der Waals surface area contributed by atoms with Crippen LogP contribution in [0.5, 0.6) is 23.0 Å². The number of rotatable bonds is 11. The number of amides is 1. The molecule has 0 radical (unpaired) electrons. The summed E-state index contributed by atoms with van der Waals surface area (Å²) < 4.78 is 21.9. The standard InChI is InChI=1S/C27H29NO5/c1-30-23-12-10-22(25(18-23)32-3)11-14-27(29)28-16-15-20-9-13-24(31-2)26(17-20)33-19-21-7-5-4-6-8-21/h4-14,17-18H,15-16,19H2,1-3H3,(H,28,29). The fourth-order valence-electron chi connectivity index (χ4n) is 3.24. The average Bonchev–Trinajstić information content (AvgIpc) is 2.86. The number of ether oxygens (including phenoxy) is 4. The molecular formula is C27H29NO5. The van der Waals surface area contributed by atoms with Crippen LogP contribution < -0.4 is 24.3 Å². The molecule has 0 aromatic heterocycles. The quantitative estimate of drug-likeness (QED) is 0.433. The highest BCUT2D eigenvalue weighted by Gasteiger charge is 2.07. The van der Waals surface area contributed by atoms with E-state index in [1.807, 2.05) is 60.7 Å². The normalized spacial score (nSPS) is 10.6. The van der Waals surface area contributed by atoms with Crippen molar-refractivity contribution in [3.8, 4) is 23.0 Å². The van der Waals surface area contributed by atoms with Crippen LogP contribution in [0.1, 0.15) is 16.7 Å². The largest absolute Gasteiger partial charge is 0.497 e. The van der Waals surface area contributed by atoms with E-state index in [1.54, 1.807) is 33.5 Å². The SMILES string of the molecule is COc1ccc(C=CC(=O)NCCc2ccc(OC)c(OCc3ccccc3)c2)c(OC)c1. The minimum Gasteiger partial charge on any atom is -0.497 e. The minimum atomic E-state index is -0.179. The predicted octanol–water partition coefficient (Wildman–Crippen LogP) is 4.66. The molecular weight excluding hydrogens is 418 g/mol. The predicted molar refractivity (Wildman–Crippen MR) is 129 cm³/mol. The summed E-state index contributed by atoms with van der Waals surface area (Å²) >= 11 is 0. The van der Waals surface area contributed by atoms with Gasteiger partial charge in [-0.3, -0.25) is 4.79 Å². The van der Waals surface area contributed by atoms with Gasteiger partial charge in [0.2, 0.25) is 5.91 Å². The second-order valence-corrected chi connectivity index (χ2v) is 7.24. The highest BCUT2D eigenvalue weighted by atomic mass is 16.5. The van der Waals surface area contributed by atoms with Gasteiger partial charge in [-0.2, -0.15) is 0 Å². The van der Waals surface area contributed by atoms with Gasteiger partial charge in [-0.1, -0.05) is 36.4 Å². The molecule has 0 aliphatic rings. The highest BCUT2D eigenvalue weighted by Crippen LogP contribution is 2.29. The second kappa shape index (κ2) is 12.2. The monoisotopic (exact) mass is 447 g/mol. The summed E-state index contributed by atoms with van der Waals surface area (Å²) in [4.78, 5) is 12.2. The first-order chi connectivity index (χ1) is 16.1. The first-order valence-electron chi connectivity index (χ1n) is 10.6. The van der Waals surface area contributed by atoms with E-state index < -0.39 is 0 Å². The molecule has 0 fully saturated rings. The summed E-state index contributed by atoms with van der Waals surface area (Å²) in [6.45, 7) is 0.949. The van der Waals surface area contributed by atoms with E-state index in [4.69, 9.17) is 18.9 Å². The van der Waals surface area contributed by atoms with Crippen LogP contribution in [-0.2, 0) is 17.8 Å². The van der Waals surface area contributed by atoms with Crippen LogP contribution in [0.15, 0.2) is 72.8 Å². The molecule has 0 saturated carbocycles. The summed E-state index contributed by atoms with van der Waals surface area (Å²) in [6.07, 6.45) is 3.88. The maximum absolute atomic E-state index is 12.2. The molecule has 0 saturated heterocycles. The van der Waals surface area contributed by atoms with Crippen molar-refractivity contribution in [2.75, 3.05) is 27.9 Å². The van der Waals surface area contributed by atoms with E-state index >= 15 is 0 Å². The Morgan fingerprint density at radius 3 is 2.33 bits per heavy atom. The number of benzene rings is 3. The van der Waals surface area contributed by atoms with Crippen LogP contribution in [0, 0.1) is 0 Å². The molecule has 3 aromatic carbocycles. The fraction of sp³-hybridized carbons (Fsp3) is 0.222. The maximum atomic E-state index is 12.2. The Bertz CT molecular complexity index is 1080. The first kappa shape index (κ1) is 23.7. The third kappa shape index (κ3) is 7.04. The van der Waals surface area contributed by atoms with Gasteiger partial charge in [0.25, 0.3) is 0 Å². The van der Waals surface area contributed by atoms with Gasteiger partial charge in [0, 0.05) is 24.3 Å². The van der Waals surface area contributed by atoms with Gasteiger partial charge < -0.3 is 24.3 Å². The smallest absolute Gasteiger partial charge is 0.244 e. The lowest BCUT2D eigenvalue weighted by Crippen LogP contribution is -2.23. The molecule has 0 atom stereocenters. The molecule has 0 spiro atoms. The van der Waals surface area contributed by atoms with Gasteiger partial charge >= 0.3 is 0 Å². The van der Waals surface area contributed by atoms with Gasteiger partial charge in [-0.05, 0) is 47.9 Å². The Hall–Kier alpha value is -3.93. The van der Waals surface area contributed by atoms with Crippen molar-refractivity contribution < 1.29 is 23.7 Å². The van der Waals surface area contributed by atoms with E-state index in [0.717, 1.165) is 16.7 Å². The Labute approximate surface area is 194 Å². The summed E-state index contributed by atoms with van der Waals surface area (Å²) in [5.41, 5.74) is 2.92. The van der Waals surface area contributed by atoms with E-state index in [0.29, 0.717) is 42.6 Å². The Kier molecular flexibility index (Phi) is 8.77. The zero-order chi connectivity index (χ0) is 23.5. The molecule has 0 bridgehead atoms. The lowest BCUT2D eigenvalue weighted by atomic mass is 10.1. The van der Waals surface area contributed by atoms with Gasteiger partial charge in [-0.25, -0.2) is 0 Å². The number of nitrogens with one attached hydrogen (secondary N) is 1. The molecule has 0 aliphatic carbocycles. The van der Waals surface area contributed by atoms with Gasteiger partial charge in [0.05, 0.1) is 21.3 Å². The molecule has 1 amide bonds. The van der Waals surface area contributed by atoms with Crippen molar-refractivity contribution in [1.29, 1.82) is 0 Å². The third-order valence-electron chi connectivity index (χ3n) is 5.03. The molecule has 0 heterocycles. The van der Waals surface area contributed by atoms with Crippen LogP contribution in [0.2, 0.25) is 0 Å². The topological polar surface area (TPSA) is 66.0 Å². The van der Waals surface area contributed by atoms with E-state index in [-0.39, 0.29) is 5.91 Å². The number of methoxy groups -OCH3 is 3. The number of hydrogen-bond acceptors (Lipinski definition) is 5. The lowest BCUT2D eigenvalue weighted by molar-refractivity contribution is -0.116. The molecule has 0 unspecified atom stereocenters. The zero-order valence-electron chi connectivity index (χ0n) is 19.2. The Morgan fingerprint density at radius 2 is 1.61 bits per heavy atom. The highest BCUT2D eigenvalue weighted by molar-refractivity contribution is 5.92. The minimum absolute atomic E-state index is 0.179. The van der Waals surface area contributed by atoms with Crippen molar-refractivity contribution in [3.63, 3.8) is 0 Å². The van der Waals surface area contributed by atoms with E-state index in [1.165, 1.54) is 6.08 Å². The molecule has 0 aliphatic heterocycles. The lowest BCUT2D eigenvalue weighted by Gasteiger charge is -2.13. The summed E-state index contributed by atoms with van der Waals surface area (Å²) in [5.74, 6) is 2.51.